The van der Waals surface area contributed by atoms with Crippen LogP contribution in [0.4, 0.5) is 4.39 Å². The van der Waals surface area contributed by atoms with Crippen molar-refractivity contribution in [1.29, 1.82) is 0 Å². The summed E-state index contributed by atoms with van der Waals surface area (Å²) in [5.41, 5.74) is 11.4. The van der Waals surface area contributed by atoms with E-state index in [4.69, 9.17) is 0 Å². The molecule has 0 nitrogen and oxygen atoms in total. The zero-order chi connectivity index (χ0) is 34.0. The number of halogens is 1. The lowest BCUT2D eigenvalue weighted by Crippen LogP contribution is -2.07. The molecule has 0 aromatic heterocycles. The molecule has 1 aromatic carbocycles. The molecular formula is C41H71F. The summed E-state index contributed by atoms with van der Waals surface area (Å²) in [6, 6.07) is 3.88. The van der Waals surface area contributed by atoms with Crippen LogP contribution in [0.25, 0.3) is 0 Å². The van der Waals surface area contributed by atoms with Crippen LogP contribution in [0.5, 0.6) is 0 Å². The van der Waals surface area contributed by atoms with E-state index in [1.807, 2.05) is 41.5 Å². The Morgan fingerprint density at radius 3 is 1.52 bits per heavy atom. The van der Waals surface area contributed by atoms with Crippen LogP contribution >= 0.6 is 0 Å². The zero-order valence-corrected chi connectivity index (χ0v) is 31.1. The van der Waals surface area contributed by atoms with Crippen LogP contribution in [0.1, 0.15) is 159 Å². The fourth-order valence-electron chi connectivity index (χ4n) is 4.15. The van der Waals surface area contributed by atoms with Crippen molar-refractivity contribution in [1.82, 2.24) is 0 Å². The smallest absolute Gasteiger partial charge is 0.126 e. The molecule has 0 saturated carbocycles. The van der Waals surface area contributed by atoms with Crippen LogP contribution in [0.15, 0.2) is 83.0 Å². The molecule has 0 saturated heterocycles. The highest BCUT2D eigenvalue weighted by Gasteiger charge is 2.19. The normalized spacial score (nSPS) is 11.9. The largest absolute Gasteiger partial charge is 0.207 e. The Bertz CT molecular complexity index is 965. The number of aryl methyl sites for hydroxylation is 1. The second-order valence-corrected chi connectivity index (χ2v) is 10.9. The summed E-state index contributed by atoms with van der Waals surface area (Å²) in [7, 11) is 0. The average Bonchev–Trinajstić information content (AvgIpc) is 2.94. The van der Waals surface area contributed by atoms with Crippen molar-refractivity contribution in [2.45, 2.75) is 155 Å². The summed E-state index contributed by atoms with van der Waals surface area (Å²) in [5, 5.41) is 0. The van der Waals surface area contributed by atoms with E-state index < -0.39 is 0 Å². The third-order valence-corrected chi connectivity index (χ3v) is 6.55. The van der Waals surface area contributed by atoms with Gasteiger partial charge in [-0.15, -0.1) is 6.58 Å². The monoisotopic (exact) mass is 583 g/mol. The maximum absolute atomic E-state index is 14.6. The lowest BCUT2D eigenvalue weighted by atomic mass is 9.81. The predicted molar refractivity (Wildman–Crippen MR) is 196 cm³/mol. The fourth-order valence-corrected chi connectivity index (χ4v) is 4.15. The summed E-state index contributed by atoms with van der Waals surface area (Å²) in [6.45, 7) is 45.5. The van der Waals surface area contributed by atoms with Crippen molar-refractivity contribution < 1.29 is 4.39 Å². The van der Waals surface area contributed by atoms with Crippen LogP contribution in [0, 0.1) is 12.7 Å². The number of allylic oxidation sites excluding steroid dienone is 9. The molecule has 1 heteroatoms. The molecule has 0 radical (unpaired) electrons. The van der Waals surface area contributed by atoms with Gasteiger partial charge < -0.3 is 0 Å². The van der Waals surface area contributed by atoms with Gasteiger partial charge in [-0.05, 0) is 121 Å². The summed E-state index contributed by atoms with van der Waals surface area (Å²) >= 11 is 0. The van der Waals surface area contributed by atoms with Crippen molar-refractivity contribution >= 4 is 0 Å². The van der Waals surface area contributed by atoms with Crippen LogP contribution < -0.4 is 0 Å². The number of hydrogen-bond acceptors (Lipinski definition) is 0. The molecule has 0 aliphatic heterocycles. The molecule has 1 atom stereocenters. The van der Waals surface area contributed by atoms with E-state index >= 15 is 0 Å². The standard InChI is InChI=1S/C29H41F.C4H8.2C3H8.C2H6/c1-11-19(5)23(9)24(10)20(6)15-16-21(7)26(12-2)28(14-4)25-17-22(8)27(13-3)29(30)18-25;1-4(2)3;2*1-3-2;1-2/h11-12,17-18,28H,6-7,13-16H2,1-5,8-10H3;1H2,2-3H3;2*3H2,1-2H3;1-2H3/b19-11-,24-23-,26-12+;;;;. The molecule has 0 aliphatic rings. The molecule has 242 valence electrons. The fraction of sp³-hybridized carbons (Fsp3) is 0.561. The van der Waals surface area contributed by atoms with Crippen molar-refractivity contribution in [3.05, 3.63) is 106 Å². The molecule has 0 aliphatic carbocycles. The van der Waals surface area contributed by atoms with Crippen molar-refractivity contribution in [2.24, 2.45) is 0 Å². The molecule has 0 spiro atoms. The Balaban J connectivity index is -0.000000514. The van der Waals surface area contributed by atoms with Gasteiger partial charge >= 0.3 is 0 Å². The second kappa shape index (κ2) is 28.7. The third-order valence-electron chi connectivity index (χ3n) is 6.55. The first kappa shape index (κ1) is 46.5. The van der Waals surface area contributed by atoms with Gasteiger partial charge in [-0.2, -0.15) is 0 Å². The van der Waals surface area contributed by atoms with Gasteiger partial charge in [0.2, 0.25) is 0 Å². The first-order valence-corrected chi connectivity index (χ1v) is 16.4. The van der Waals surface area contributed by atoms with Gasteiger partial charge in [0.1, 0.15) is 5.82 Å². The van der Waals surface area contributed by atoms with Gasteiger partial charge in [-0.25, -0.2) is 4.39 Å². The van der Waals surface area contributed by atoms with E-state index in [1.165, 1.54) is 40.7 Å². The van der Waals surface area contributed by atoms with E-state index in [0.29, 0.717) is 0 Å². The molecule has 0 bridgehead atoms. The summed E-state index contributed by atoms with van der Waals surface area (Å²) in [4.78, 5) is 0. The Morgan fingerprint density at radius 2 is 1.19 bits per heavy atom. The highest BCUT2D eigenvalue weighted by molar-refractivity contribution is 5.45. The number of benzene rings is 1. The minimum atomic E-state index is -0.0871. The number of rotatable bonds is 10. The maximum Gasteiger partial charge on any atom is 0.126 e. The van der Waals surface area contributed by atoms with Gasteiger partial charge in [-0.1, -0.05) is 122 Å². The van der Waals surface area contributed by atoms with Gasteiger partial charge in [0, 0.05) is 5.92 Å². The van der Waals surface area contributed by atoms with Crippen LogP contribution in [-0.4, -0.2) is 0 Å². The Hall–Kier alpha value is -2.41. The van der Waals surface area contributed by atoms with Crippen LogP contribution in [-0.2, 0) is 6.42 Å². The van der Waals surface area contributed by atoms with Gasteiger partial charge in [0.05, 0.1) is 0 Å². The highest BCUT2D eigenvalue weighted by Crippen LogP contribution is 2.36. The molecule has 1 unspecified atom stereocenters. The molecule has 0 amide bonds. The topological polar surface area (TPSA) is 0 Å². The van der Waals surface area contributed by atoms with Crippen LogP contribution in [0.3, 0.4) is 0 Å². The van der Waals surface area contributed by atoms with Crippen LogP contribution in [0.2, 0.25) is 0 Å². The molecular weight excluding hydrogens is 511 g/mol. The summed E-state index contributed by atoms with van der Waals surface area (Å²) < 4.78 is 14.6. The Labute approximate surface area is 264 Å². The van der Waals surface area contributed by atoms with Crippen molar-refractivity contribution in [2.75, 3.05) is 0 Å². The first-order chi connectivity index (χ1) is 19.7. The predicted octanol–water partition coefficient (Wildman–Crippen LogP) is 14.8. The molecule has 42 heavy (non-hydrogen) atoms. The molecule has 0 fully saturated rings. The highest BCUT2D eigenvalue weighted by atomic mass is 19.1. The van der Waals surface area contributed by atoms with E-state index in [-0.39, 0.29) is 11.7 Å². The minimum Gasteiger partial charge on any atom is -0.207 e. The first-order valence-electron chi connectivity index (χ1n) is 16.4. The van der Waals surface area contributed by atoms with E-state index in [2.05, 4.69) is 107 Å². The quantitative estimate of drug-likeness (QED) is 0.190. The minimum absolute atomic E-state index is 0.0871. The summed E-state index contributed by atoms with van der Waals surface area (Å²) in [5.74, 6) is 0.0782. The lowest BCUT2D eigenvalue weighted by molar-refractivity contribution is 0.604. The van der Waals surface area contributed by atoms with E-state index in [9.17, 15) is 4.39 Å². The average molecular weight is 583 g/mol. The lowest BCUT2D eigenvalue weighted by Gasteiger charge is -2.23. The van der Waals surface area contributed by atoms with E-state index in [1.54, 1.807) is 6.07 Å². The second-order valence-electron chi connectivity index (χ2n) is 10.9. The molecule has 0 N–H and O–H groups in total. The van der Waals surface area contributed by atoms with Gasteiger partial charge in [0.15, 0.2) is 0 Å². The van der Waals surface area contributed by atoms with Crippen molar-refractivity contribution in [3.63, 3.8) is 0 Å². The summed E-state index contributed by atoms with van der Waals surface area (Å²) in [6.07, 6.45) is 10.2. The Kier molecular flexibility index (Phi) is 31.8. The zero-order valence-electron chi connectivity index (χ0n) is 31.1. The molecule has 1 rings (SSSR count). The molecule has 0 heterocycles. The third kappa shape index (κ3) is 19.7. The van der Waals surface area contributed by atoms with Gasteiger partial charge in [-0.3, -0.25) is 0 Å². The van der Waals surface area contributed by atoms with Gasteiger partial charge in [0.25, 0.3) is 0 Å². The maximum atomic E-state index is 14.6. The number of hydrogen-bond donors (Lipinski definition) is 0. The Morgan fingerprint density at radius 1 is 0.762 bits per heavy atom. The SMILES string of the molecule is C=C(C)C.C=C(CCC(=C)/C(C)=C(C)\C(C)=C/C)/C(=C\C)C(CC)c1cc(C)c(CC)c(F)c1.CC.CCC.CCC. The molecule has 1 aromatic rings. The van der Waals surface area contributed by atoms with Crippen molar-refractivity contribution in [3.8, 4) is 0 Å². The van der Waals surface area contributed by atoms with E-state index in [0.717, 1.165) is 53.5 Å².